The first kappa shape index (κ1) is 14.4. The SMILES string of the molecule is Cc1cc2c(cc1N1c3ccccc3N(C)C1C)oc1ccccc12. The van der Waals surface area contributed by atoms with Crippen LogP contribution in [0.15, 0.2) is 65.1 Å². The van der Waals surface area contributed by atoms with Gasteiger partial charge >= 0.3 is 0 Å². The Bertz CT molecular complexity index is 1110. The highest BCUT2D eigenvalue weighted by Crippen LogP contribution is 2.45. The van der Waals surface area contributed by atoms with Crippen molar-refractivity contribution in [3.8, 4) is 0 Å². The third kappa shape index (κ3) is 1.92. The summed E-state index contributed by atoms with van der Waals surface area (Å²) in [4.78, 5) is 4.72. The predicted octanol–water partition coefficient (Wildman–Crippen LogP) is 5.83. The number of para-hydroxylation sites is 3. The number of furan rings is 1. The number of hydrogen-bond donors (Lipinski definition) is 0. The average molecular weight is 328 g/mol. The summed E-state index contributed by atoms with van der Waals surface area (Å²) in [6.07, 6.45) is 0.262. The Labute approximate surface area is 147 Å². The Morgan fingerprint density at radius 3 is 2.36 bits per heavy atom. The summed E-state index contributed by atoms with van der Waals surface area (Å²) in [5.74, 6) is 0. The van der Waals surface area contributed by atoms with Crippen LogP contribution >= 0.6 is 0 Å². The second kappa shape index (κ2) is 5.03. The Balaban J connectivity index is 1.76. The Kier molecular flexibility index (Phi) is 2.90. The van der Waals surface area contributed by atoms with Gasteiger partial charge in [-0.1, -0.05) is 30.3 Å². The molecule has 3 nitrogen and oxygen atoms in total. The van der Waals surface area contributed by atoms with Crippen molar-refractivity contribution in [2.45, 2.75) is 20.0 Å². The zero-order valence-electron chi connectivity index (χ0n) is 14.7. The van der Waals surface area contributed by atoms with Gasteiger partial charge in [0.1, 0.15) is 17.3 Å². The molecule has 124 valence electrons. The number of hydrogen-bond acceptors (Lipinski definition) is 3. The van der Waals surface area contributed by atoms with Crippen molar-refractivity contribution in [1.82, 2.24) is 0 Å². The molecule has 0 bridgehead atoms. The third-order valence-corrected chi connectivity index (χ3v) is 5.41. The second-order valence-electron chi connectivity index (χ2n) is 6.83. The molecule has 3 aromatic carbocycles. The molecule has 1 aromatic heterocycles. The van der Waals surface area contributed by atoms with Crippen molar-refractivity contribution >= 4 is 39.0 Å². The Morgan fingerprint density at radius 1 is 0.800 bits per heavy atom. The molecule has 1 atom stereocenters. The van der Waals surface area contributed by atoms with E-state index in [0.717, 1.165) is 11.2 Å². The van der Waals surface area contributed by atoms with Crippen LogP contribution in [0.25, 0.3) is 21.9 Å². The first-order valence-electron chi connectivity index (χ1n) is 8.68. The molecule has 0 amide bonds. The van der Waals surface area contributed by atoms with Crippen molar-refractivity contribution in [1.29, 1.82) is 0 Å². The van der Waals surface area contributed by atoms with Crippen LogP contribution in [0, 0.1) is 6.92 Å². The molecule has 1 aliphatic rings. The maximum absolute atomic E-state index is 6.12. The minimum Gasteiger partial charge on any atom is -0.456 e. The summed E-state index contributed by atoms with van der Waals surface area (Å²) in [7, 11) is 2.15. The van der Waals surface area contributed by atoms with Gasteiger partial charge in [-0.3, -0.25) is 0 Å². The molecule has 0 aliphatic carbocycles. The molecule has 4 aromatic rings. The lowest BCUT2D eigenvalue weighted by Gasteiger charge is -2.29. The predicted molar refractivity (Wildman–Crippen MR) is 105 cm³/mol. The summed E-state index contributed by atoms with van der Waals surface area (Å²) >= 11 is 0. The highest BCUT2D eigenvalue weighted by molar-refractivity contribution is 6.06. The van der Waals surface area contributed by atoms with Gasteiger partial charge in [0, 0.05) is 29.6 Å². The van der Waals surface area contributed by atoms with Crippen LogP contribution in [0.3, 0.4) is 0 Å². The van der Waals surface area contributed by atoms with Crippen LogP contribution in [-0.4, -0.2) is 13.2 Å². The van der Waals surface area contributed by atoms with Gasteiger partial charge < -0.3 is 14.2 Å². The smallest absolute Gasteiger partial charge is 0.137 e. The number of aryl methyl sites for hydroxylation is 1. The quantitative estimate of drug-likeness (QED) is 0.438. The summed E-state index contributed by atoms with van der Waals surface area (Å²) in [6.45, 7) is 4.42. The van der Waals surface area contributed by atoms with Crippen molar-refractivity contribution in [2.24, 2.45) is 0 Å². The fourth-order valence-corrected chi connectivity index (χ4v) is 4.00. The topological polar surface area (TPSA) is 19.6 Å². The van der Waals surface area contributed by atoms with Crippen LogP contribution in [0.4, 0.5) is 17.1 Å². The lowest BCUT2D eigenvalue weighted by atomic mass is 10.1. The molecule has 0 N–H and O–H groups in total. The molecule has 0 fully saturated rings. The molecule has 0 saturated carbocycles. The van der Waals surface area contributed by atoms with E-state index in [9.17, 15) is 0 Å². The first-order chi connectivity index (χ1) is 12.1. The van der Waals surface area contributed by atoms with Crippen molar-refractivity contribution in [3.63, 3.8) is 0 Å². The van der Waals surface area contributed by atoms with Gasteiger partial charge in [-0.15, -0.1) is 0 Å². The van der Waals surface area contributed by atoms with Gasteiger partial charge in [0.05, 0.1) is 11.4 Å². The van der Waals surface area contributed by atoms with E-state index in [2.05, 4.69) is 79.2 Å². The number of benzene rings is 3. The normalized spacial score (nSPS) is 16.8. The van der Waals surface area contributed by atoms with E-state index in [1.165, 1.54) is 33.4 Å². The lowest BCUT2D eigenvalue weighted by molar-refractivity contribution is 0.668. The number of anilines is 3. The molecular weight excluding hydrogens is 308 g/mol. The highest BCUT2D eigenvalue weighted by atomic mass is 16.3. The van der Waals surface area contributed by atoms with Gasteiger partial charge in [-0.25, -0.2) is 0 Å². The monoisotopic (exact) mass is 328 g/mol. The van der Waals surface area contributed by atoms with Gasteiger partial charge in [0.25, 0.3) is 0 Å². The summed E-state index contributed by atoms with van der Waals surface area (Å²) in [5, 5.41) is 2.37. The van der Waals surface area contributed by atoms with E-state index in [4.69, 9.17) is 4.42 Å². The average Bonchev–Trinajstić information content (AvgIpc) is 3.10. The van der Waals surface area contributed by atoms with Crippen molar-refractivity contribution in [3.05, 3.63) is 66.2 Å². The van der Waals surface area contributed by atoms with Crippen LogP contribution in [0.1, 0.15) is 12.5 Å². The van der Waals surface area contributed by atoms with E-state index in [-0.39, 0.29) is 6.17 Å². The molecule has 1 unspecified atom stereocenters. The molecule has 2 heterocycles. The minimum absolute atomic E-state index is 0.262. The van der Waals surface area contributed by atoms with Crippen LogP contribution < -0.4 is 9.80 Å². The van der Waals surface area contributed by atoms with E-state index in [1.54, 1.807) is 0 Å². The van der Waals surface area contributed by atoms with E-state index < -0.39 is 0 Å². The Hall–Kier alpha value is -2.94. The molecular formula is C22H20N2O. The molecule has 1 aliphatic heterocycles. The van der Waals surface area contributed by atoms with Gasteiger partial charge in [-0.2, -0.15) is 0 Å². The zero-order valence-corrected chi connectivity index (χ0v) is 14.7. The first-order valence-corrected chi connectivity index (χ1v) is 8.68. The van der Waals surface area contributed by atoms with Crippen LogP contribution in [0.5, 0.6) is 0 Å². The van der Waals surface area contributed by atoms with Gasteiger partial charge in [-0.05, 0) is 43.7 Å². The molecule has 5 rings (SSSR count). The summed E-state index contributed by atoms with van der Waals surface area (Å²) < 4.78 is 6.12. The van der Waals surface area contributed by atoms with Crippen molar-refractivity contribution < 1.29 is 4.42 Å². The second-order valence-corrected chi connectivity index (χ2v) is 6.83. The largest absolute Gasteiger partial charge is 0.456 e. The van der Waals surface area contributed by atoms with Crippen LogP contribution in [0.2, 0.25) is 0 Å². The Morgan fingerprint density at radius 2 is 1.52 bits per heavy atom. The molecule has 3 heteroatoms. The fourth-order valence-electron chi connectivity index (χ4n) is 4.00. The molecule has 0 saturated heterocycles. The van der Waals surface area contributed by atoms with Crippen LogP contribution in [-0.2, 0) is 0 Å². The maximum atomic E-state index is 6.12. The van der Waals surface area contributed by atoms with E-state index in [1.807, 2.05) is 12.1 Å². The highest BCUT2D eigenvalue weighted by Gasteiger charge is 2.32. The zero-order chi connectivity index (χ0) is 17.1. The number of nitrogens with zero attached hydrogens (tertiary/aromatic N) is 2. The third-order valence-electron chi connectivity index (χ3n) is 5.41. The van der Waals surface area contributed by atoms with Crippen molar-refractivity contribution in [2.75, 3.05) is 16.8 Å². The molecule has 25 heavy (non-hydrogen) atoms. The fraction of sp³-hybridized carbons (Fsp3) is 0.182. The molecule has 0 radical (unpaired) electrons. The van der Waals surface area contributed by atoms with E-state index in [0.29, 0.717) is 0 Å². The lowest BCUT2D eigenvalue weighted by Crippen LogP contribution is -2.35. The summed E-state index contributed by atoms with van der Waals surface area (Å²) in [5.41, 5.74) is 6.86. The van der Waals surface area contributed by atoms with Gasteiger partial charge in [0.15, 0.2) is 0 Å². The number of fused-ring (bicyclic) bond motifs is 4. The maximum Gasteiger partial charge on any atom is 0.137 e. The number of rotatable bonds is 1. The molecule has 0 spiro atoms. The van der Waals surface area contributed by atoms with E-state index >= 15 is 0 Å². The van der Waals surface area contributed by atoms with Gasteiger partial charge in [0.2, 0.25) is 0 Å². The minimum atomic E-state index is 0.262. The standard InChI is InChI=1S/C22H20N2O/c1-14-12-17-16-8-4-7-11-21(16)25-22(17)13-20(14)24-15(2)23(3)18-9-5-6-10-19(18)24/h4-13,15H,1-3H3. The summed E-state index contributed by atoms with van der Waals surface area (Å²) in [6, 6.07) is 21.3.